The van der Waals surface area contributed by atoms with Crippen LogP contribution in [0.5, 0.6) is 0 Å². The second-order valence-electron chi connectivity index (χ2n) is 9.35. The number of hydrogen-bond donors (Lipinski definition) is 0. The molecule has 0 spiro atoms. The van der Waals surface area contributed by atoms with E-state index in [2.05, 4.69) is 48.8 Å². The van der Waals surface area contributed by atoms with E-state index in [1.807, 2.05) is 0 Å². The van der Waals surface area contributed by atoms with Crippen LogP contribution in [0.3, 0.4) is 0 Å². The second-order valence-corrected chi connectivity index (χ2v) is 12.6. The van der Waals surface area contributed by atoms with Crippen LogP contribution in [-0.2, 0) is 0 Å². The predicted octanol–water partition coefficient (Wildman–Crippen LogP) is 10.1. The third kappa shape index (κ3) is 16.4. The van der Waals surface area contributed by atoms with E-state index in [1.165, 1.54) is 109 Å². The van der Waals surface area contributed by atoms with Gasteiger partial charge in [0.2, 0.25) is 0 Å². The van der Waals surface area contributed by atoms with Crippen LogP contribution < -0.4 is 0 Å². The minimum absolute atomic E-state index is 0. The molecule has 1 atom stereocenters. The van der Waals surface area contributed by atoms with Gasteiger partial charge < -0.3 is 0 Å². The third-order valence-corrected chi connectivity index (χ3v) is 8.73. The maximum absolute atomic E-state index is 2.52. The van der Waals surface area contributed by atoms with E-state index < -0.39 is 14.1 Å². The molecular weight excluding hydrogens is 387 g/mol. The van der Waals surface area contributed by atoms with Gasteiger partial charge in [-0.3, -0.25) is 0 Å². The van der Waals surface area contributed by atoms with Gasteiger partial charge in [0, 0.05) is 0 Å². The zero-order valence-corrected chi connectivity index (χ0v) is 21.9. The molecule has 0 aliphatic carbocycles. The minimum atomic E-state index is -0.607. The molecule has 0 saturated heterocycles. The van der Waals surface area contributed by atoms with Crippen molar-refractivity contribution in [2.45, 2.75) is 132 Å². The maximum atomic E-state index is 2.52. The smallest absolute Gasteiger partial charge is 0.147 e. The Morgan fingerprint density at radius 2 is 0.966 bits per heavy atom. The molecule has 0 bridgehead atoms. The van der Waals surface area contributed by atoms with Gasteiger partial charge in [-0.25, -0.2) is 0 Å². The molecule has 1 rings (SSSR count). The maximum Gasteiger partial charge on any atom is 0.265 e. The minimum Gasteiger partial charge on any atom is -0.147 e. The fourth-order valence-electron chi connectivity index (χ4n) is 4.50. The highest BCUT2D eigenvalue weighted by Crippen LogP contribution is 2.25. The first-order valence-electron chi connectivity index (χ1n) is 12.8. The highest BCUT2D eigenvalue weighted by Gasteiger charge is 2.19. The van der Waals surface area contributed by atoms with Gasteiger partial charge in [0.05, 0.1) is 0 Å². The monoisotopic (exact) mass is 436 g/mol. The Kier molecular flexibility index (Phi) is 21.3. The normalized spacial score (nSPS) is 11.8. The Labute approximate surface area is 194 Å². The lowest BCUT2D eigenvalue weighted by molar-refractivity contribution is 0.526. The summed E-state index contributed by atoms with van der Waals surface area (Å²) in [5, 5.41) is 0. The second kappa shape index (κ2) is 21.3. The summed E-state index contributed by atoms with van der Waals surface area (Å²) in [7, 11) is 0. The van der Waals surface area contributed by atoms with Gasteiger partial charge >= 0.3 is 0 Å². The van der Waals surface area contributed by atoms with E-state index in [1.54, 1.807) is 5.56 Å². The Morgan fingerprint density at radius 3 is 1.34 bits per heavy atom. The van der Waals surface area contributed by atoms with Crippen LogP contribution in [0.4, 0.5) is 0 Å². The van der Waals surface area contributed by atoms with E-state index in [4.69, 9.17) is 0 Å². The number of benzene rings is 1. The summed E-state index contributed by atoms with van der Waals surface area (Å²) in [6, 6.07) is 11.3. The van der Waals surface area contributed by atoms with Crippen molar-refractivity contribution < 1.29 is 0 Å². The number of hydrogen-bond acceptors (Lipinski definition) is 0. The average Bonchev–Trinajstić information content (AvgIpc) is 2.70. The average molecular weight is 437 g/mol. The van der Waals surface area contributed by atoms with Crippen LogP contribution in [0.2, 0.25) is 11.6 Å². The molecule has 1 aromatic carbocycles. The lowest BCUT2D eigenvalue weighted by atomic mass is 10.0. The number of rotatable bonds is 19. The fraction of sp³-hybridized carbons (Fsp3) is 0.778. The molecular formula is C27H50AlCl. The molecule has 0 nitrogen and oxygen atoms in total. The topological polar surface area (TPSA) is 0 Å². The number of halogens is 1. The Morgan fingerprint density at radius 1 is 0.586 bits per heavy atom. The first-order valence-corrected chi connectivity index (χ1v) is 15.8. The van der Waals surface area contributed by atoms with Gasteiger partial charge in [0.25, 0.3) is 14.1 Å². The summed E-state index contributed by atoms with van der Waals surface area (Å²) in [6.45, 7) is 2.30. The van der Waals surface area contributed by atoms with Gasteiger partial charge in [-0.2, -0.15) is 0 Å². The highest BCUT2D eigenvalue weighted by atomic mass is 35.5. The molecule has 0 heterocycles. The molecule has 0 amide bonds. The molecule has 168 valence electrons. The van der Waals surface area contributed by atoms with Gasteiger partial charge in [0.15, 0.2) is 0 Å². The van der Waals surface area contributed by atoms with E-state index in [-0.39, 0.29) is 12.4 Å². The van der Waals surface area contributed by atoms with E-state index >= 15 is 0 Å². The van der Waals surface area contributed by atoms with Gasteiger partial charge in [-0.15, -0.1) is 24.0 Å². The van der Waals surface area contributed by atoms with Gasteiger partial charge in [-0.05, 0) is 0 Å². The molecule has 0 fully saturated rings. The molecule has 1 aromatic rings. The molecule has 0 aliphatic heterocycles. The molecule has 0 aliphatic rings. The SMILES string of the molecule is CCCCCCCCCCCCCCCCCC[CH](c1ccccc1)[Al]([CH3])[CH3].Cl. The van der Waals surface area contributed by atoms with Crippen LogP contribution in [0, 0.1) is 0 Å². The van der Waals surface area contributed by atoms with E-state index in [0.717, 1.165) is 4.78 Å². The molecule has 2 heteroatoms. The Hall–Kier alpha value is 0.0425. The number of unbranched alkanes of at least 4 members (excludes halogenated alkanes) is 15. The van der Waals surface area contributed by atoms with Crippen molar-refractivity contribution in [3.8, 4) is 0 Å². The van der Waals surface area contributed by atoms with Crippen LogP contribution in [-0.4, -0.2) is 14.1 Å². The van der Waals surface area contributed by atoms with Crippen molar-refractivity contribution >= 4 is 26.6 Å². The fourth-order valence-corrected chi connectivity index (χ4v) is 6.39. The summed E-state index contributed by atoms with van der Waals surface area (Å²) in [4.78, 5) is 0. The van der Waals surface area contributed by atoms with E-state index in [0.29, 0.717) is 0 Å². The zero-order chi connectivity index (χ0) is 20.3. The lowest BCUT2D eigenvalue weighted by Crippen LogP contribution is -2.16. The summed E-state index contributed by atoms with van der Waals surface area (Å²) in [6.07, 6.45) is 24.8. The van der Waals surface area contributed by atoms with Crippen LogP contribution in [0.1, 0.15) is 126 Å². The van der Waals surface area contributed by atoms with Crippen molar-refractivity contribution in [2.24, 2.45) is 0 Å². The Bertz CT molecular complexity index is 431. The first-order chi connectivity index (χ1) is 13.8. The van der Waals surface area contributed by atoms with Crippen LogP contribution in [0.15, 0.2) is 30.3 Å². The van der Waals surface area contributed by atoms with Crippen molar-refractivity contribution in [1.29, 1.82) is 0 Å². The first kappa shape index (κ1) is 29.0. The largest absolute Gasteiger partial charge is 0.265 e. The summed E-state index contributed by atoms with van der Waals surface area (Å²) in [5.41, 5.74) is 1.60. The standard InChI is InChI=1S/C25H43.2CH3.Al.ClH/c1-2-3-4-5-6-7-8-9-10-11-12-13-14-15-16-17-19-22-25-23-20-18-21-24-25;;;;/h18,20-24H,2-17,19H2,1H3;2*1H3;;1H. The zero-order valence-electron chi connectivity index (χ0n) is 20.0. The lowest BCUT2D eigenvalue weighted by Gasteiger charge is -2.18. The van der Waals surface area contributed by atoms with Gasteiger partial charge in [0.1, 0.15) is 0 Å². The van der Waals surface area contributed by atoms with E-state index in [9.17, 15) is 0 Å². The molecule has 29 heavy (non-hydrogen) atoms. The molecule has 0 saturated carbocycles. The van der Waals surface area contributed by atoms with Gasteiger partial charge in [-0.1, -0.05) is 157 Å². The molecule has 0 radical (unpaired) electrons. The quantitative estimate of drug-likeness (QED) is 0.149. The summed E-state index contributed by atoms with van der Waals surface area (Å²) in [5.74, 6) is 5.04. The highest BCUT2D eigenvalue weighted by molar-refractivity contribution is 6.57. The molecule has 1 unspecified atom stereocenters. The van der Waals surface area contributed by atoms with Crippen molar-refractivity contribution in [2.75, 3.05) is 0 Å². The van der Waals surface area contributed by atoms with Crippen molar-refractivity contribution in [1.82, 2.24) is 0 Å². The third-order valence-electron chi connectivity index (χ3n) is 6.40. The van der Waals surface area contributed by atoms with Crippen LogP contribution in [0.25, 0.3) is 0 Å². The van der Waals surface area contributed by atoms with Crippen molar-refractivity contribution in [3.05, 3.63) is 35.9 Å². The predicted molar refractivity (Wildman–Crippen MR) is 138 cm³/mol. The van der Waals surface area contributed by atoms with Crippen molar-refractivity contribution in [3.63, 3.8) is 0 Å². The Balaban J connectivity index is 0.00000784. The van der Waals surface area contributed by atoms with Crippen LogP contribution >= 0.6 is 12.4 Å². The molecule has 0 aromatic heterocycles. The molecule has 0 N–H and O–H groups in total. The summed E-state index contributed by atoms with van der Waals surface area (Å²) < 4.78 is 0.882. The summed E-state index contributed by atoms with van der Waals surface area (Å²) >= 11 is -0.607.